The first-order chi connectivity index (χ1) is 7.79. The second kappa shape index (κ2) is 4.68. The van der Waals surface area contributed by atoms with Crippen LogP contribution in [0.3, 0.4) is 0 Å². The zero-order chi connectivity index (χ0) is 11.4. The Labute approximate surface area is 96.8 Å². The zero-order valence-electron chi connectivity index (χ0n) is 8.64. The van der Waals surface area contributed by atoms with Crippen molar-refractivity contribution in [3.05, 3.63) is 34.2 Å². The highest BCUT2D eigenvalue weighted by atomic mass is 32.1. The predicted molar refractivity (Wildman–Crippen MR) is 60.9 cm³/mol. The van der Waals surface area contributed by atoms with E-state index in [1.807, 2.05) is 18.4 Å². The van der Waals surface area contributed by atoms with Gasteiger partial charge in [-0.2, -0.15) is 5.26 Å². The van der Waals surface area contributed by atoms with Crippen molar-refractivity contribution in [1.82, 2.24) is 15.0 Å². The molecule has 2 aromatic heterocycles. The van der Waals surface area contributed by atoms with Gasteiger partial charge < -0.3 is 5.32 Å². The van der Waals surface area contributed by atoms with Gasteiger partial charge in [0.15, 0.2) is 11.5 Å². The summed E-state index contributed by atoms with van der Waals surface area (Å²) in [5.41, 5.74) is 1.24. The molecule has 2 heterocycles. The number of rotatable bonds is 3. The SMILES string of the molecule is Cc1nc(CNc2nccnc2C#N)cs1. The third-order valence-corrected chi connectivity index (χ3v) is 2.73. The maximum atomic E-state index is 8.81. The first kappa shape index (κ1) is 10.5. The van der Waals surface area contributed by atoms with Gasteiger partial charge in [-0.05, 0) is 6.92 Å². The number of hydrogen-bond donors (Lipinski definition) is 1. The molecule has 2 rings (SSSR count). The van der Waals surface area contributed by atoms with Gasteiger partial charge in [-0.25, -0.2) is 15.0 Å². The summed E-state index contributed by atoms with van der Waals surface area (Å²) in [4.78, 5) is 12.3. The predicted octanol–water partition coefficient (Wildman–Crippen LogP) is 1.73. The number of aromatic nitrogens is 3. The van der Waals surface area contributed by atoms with Crippen LogP contribution in [0, 0.1) is 18.3 Å². The molecule has 0 amide bonds. The Morgan fingerprint density at radius 1 is 1.44 bits per heavy atom. The molecule has 0 atom stereocenters. The fraction of sp³-hybridized carbons (Fsp3) is 0.200. The molecular formula is C10H9N5S. The average Bonchev–Trinajstić information content (AvgIpc) is 2.73. The van der Waals surface area contributed by atoms with Crippen LogP contribution in [0.25, 0.3) is 0 Å². The molecule has 0 bridgehead atoms. The quantitative estimate of drug-likeness (QED) is 0.870. The molecule has 16 heavy (non-hydrogen) atoms. The molecule has 5 nitrogen and oxygen atoms in total. The fourth-order valence-corrected chi connectivity index (χ4v) is 1.83. The van der Waals surface area contributed by atoms with Crippen molar-refractivity contribution in [3.8, 4) is 6.07 Å². The highest BCUT2D eigenvalue weighted by Crippen LogP contribution is 2.11. The number of hydrogen-bond acceptors (Lipinski definition) is 6. The van der Waals surface area contributed by atoms with Crippen LogP contribution in [0.1, 0.15) is 16.4 Å². The van der Waals surface area contributed by atoms with Gasteiger partial charge >= 0.3 is 0 Å². The number of nitrogens with one attached hydrogen (secondary N) is 1. The zero-order valence-corrected chi connectivity index (χ0v) is 9.45. The van der Waals surface area contributed by atoms with Gasteiger partial charge in [0.05, 0.1) is 17.2 Å². The normalized spacial score (nSPS) is 9.75. The molecule has 6 heteroatoms. The first-order valence-corrected chi connectivity index (χ1v) is 5.53. The van der Waals surface area contributed by atoms with Crippen LogP contribution >= 0.6 is 11.3 Å². The number of aryl methyl sites for hydroxylation is 1. The van der Waals surface area contributed by atoms with Crippen molar-refractivity contribution < 1.29 is 0 Å². The van der Waals surface area contributed by atoms with Crippen LogP contribution in [0.5, 0.6) is 0 Å². The maximum Gasteiger partial charge on any atom is 0.182 e. The highest BCUT2D eigenvalue weighted by molar-refractivity contribution is 7.09. The molecule has 0 saturated heterocycles. The Morgan fingerprint density at radius 3 is 2.94 bits per heavy atom. The number of nitriles is 1. The van der Waals surface area contributed by atoms with E-state index in [1.54, 1.807) is 17.5 Å². The molecule has 0 spiro atoms. The number of nitrogens with zero attached hydrogens (tertiary/aromatic N) is 4. The second-order valence-electron chi connectivity index (χ2n) is 3.08. The van der Waals surface area contributed by atoms with E-state index in [-0.39, 0.29) is 0 Å². The lowest BCUT2D eigenvalue weighted by molar-refractivity contribution is 1.02. The third kappa shape index (κ3) is 2.32. The highest BCUT2D eigenvalue weighted by Gasteiger charge is 2.04. The molecule has 0 aliphatic heterocycles. The van der Waals surface area contributed by atoms with Crippen LogP contribution in [0.15, 0.2) is 17.8 Å². The van der Waals surface area contributed by atoms with Gasteiger partial charge in [-0.15, -0.1) is 11.3 Å². The van der Waals surface area contributed by atoms with Gasteiger partial charge in [-0.3, -0.25) is 0 Å². The summed E-state index contributed by atoms with van der Waals surface area (Å²) in [5.74, 6) is 0.496. The molecular weight excluding hydrogens is 222 g/mol. The smallest absolute Gasteiger partial charge is 0.182 e. The Morgan fingerprint density at radius 2 is 2.25 bits per heavy atom. The monoisotopic (exact) mass is 231 g/mol. The van der Waals surface area contributed by atoms with Crippen LogP contribution in [-0.4, -0.2) is 15.0 Å². The van der Waals surface area contributed by atoms with Gasteiger partial charge in [0, 0.05) is 17.8 Å². The molecule has 0 aromatic carbocycles. The Hall–Kier alpha value is -2.00. The molecule has 1 N–H and O–H groups in total. The summed E-state index contributed by atoms with van der Waals surface area (Å²) in [6.07, 6.45) is 3.05. The lowest BCUT2D eigenvalue weighted by atomic mass is 10.4. The Bertz CT molecular complexity index is 528. The summed E-state index contributed by atoms with van der Waals surface area (Å²) in [5, 5.41) is 14.9. The molecule has 0 saturated carbocycles. The summed E-state index contributed by atoms with van der Waals surface area (Å²) in [6, 6.07) is 1.98. The average molecular weight is 231 g/mol. The van der Waals surface area contributed by atoms with E-state index in [9.17, 15) is 0 Å². The summed E-state index contributed by atoms with van der Waals surface area (Å²) >= 11 is 1.60. The van der Waals surface area contributed by atoms with Crippen LogP contribution < -0.4 is 5.32 Å². The minimum Gasteiger partial charge on any atom is -0.362 e. The summed E-state index contributed by atoms with van der Waals surface area (Å²) < 4.78 is 0. The van der Waals surface area contributed by atoms with Gasteiger partial charge in [0.25, 0.3) is 0 Å². The molecule has 80 valence electrons. The van der Waals surface area contributed by atoms with Crippen LogP contribution in [-0.2, 0) is 6.54 Å². The Balaban J connectivity index is 2.08. The van der Waals surface area contributed by atoms with Crippen molar-refractivity contribution in [1.29, 1.82) is 5.26 Å². The minimum atomic E-state index is 0.300. The number of thiazole rings is 1. The first-order valence-electron chi connectivity index (χ1n) is 4.65. The maximum absolute atomic E-state index is 8.81. The number of anilines is 1. The van der Waals surface area contributed by atoms with E-state index >= 15 is 0 Å². The fourth-order valence-electron chi connectivity index (χ4n) is 1.21. The molecule has 2 aromatic rings. The molecule has 0 unspecified atom stereocenters. The van der Waals surface area contributed by atoms with Crippen molar-refractivity contribution in [2.24, 2.45) is 0 Å². The minimum absolute atomic E-state index is 0.300. The molecule has 0 aliphatic carbocycles. The molecule has 0 aliphatic rings. The van der Waals surface area contributed by atoms with E-state index < -0.39 is 0 Å². The topological polar surface area (TPSA) is 74.5 Å². The Kier molecular flexibility index (Phi) is 3.08. The largest absolute Gasteiger partial charge is 0.362 e. The van der Waals surface area contributed by atoms with Crippen LogP contribution in [0.4, 0.5) is 5.82 Å². The van der Waals surface area contributed by atoms with E-state index in [2.05, 4.69) is 20.3 Å². The van der Waals surface area contributed by atoms with Gasteiger partial charge in [-0.1, -0.05) is 0 Å². The summed E-state index contributed by atoms with van der Waals surface area (Å²) in [6.45, 7) is 2.51. The van der Waals surface area contributed by atoms with E-state index in [1.165, 1.54) is 6.20 Å². The van der Waals surface area contributed by atoms with Crippen molar-refractivity contribution in [2.75, 3.05) is 5.32 Å². The standard InChI is InChI=1S/C10H9N5S/c1-7-15-8(6-16-7)5-14-10-9(4-11)12-2-3-13-10/h2-3,6H,5H2,1H3,(H,13,14). The molecule has 0 radical (unpaired) electrons. The summed E-state index contributed by atoms with van der Waals surface area (Å²) in [7, 11) is 0. The lowest BCUT2D eigenvalue weighted by Crippen LogP contribution is -2.04. The van der Waals surface area contributed by atoms with Crippen molar-refractivity contribution in [3.63, 3.8) is 0 Å². The van der Waals surface area contributed by atoms with Crippen molar-refractivity contribution in [2.45, 2.75) is 13.5 Å². The van der Waals surface area contributed by atoms with E-state index in [4.69, 9.17) is 5.26 Å². The molecule has 0 fully saturated rings. The van der Waals surface area contributed by atoms with Gasteiger partial charge in [0.1, 0.15) is 6.07 Å². The van der Waals surface area contributed by atoms with Gasteiger partial charge in [0.2, 0.25) is 0 Å². The second-order valence-corrected chi connectivity index (χ2v) is 4.14. The van der Waals surface area contributed by atoms with Crippen molar-refractivity contribution >= 4 is 17.2 Å². The van der Waals surface area contributed by atoms with E-state index in [0.717, 1.165) is 10.7 Å². The van der Waals surface area contributed by atoms with E-state index in [0.29, 0.717) is 18.1 Å². The third-order valence-electron chi connectivity index (χ3n) is 1.91. The van der Waals surface area contributed by atoms with Crippen LogP contribution in [0.2, 0.25) is 0 Å². The lowest BCUT2D eigenvalue weighted by Gasteiger charge is -2.03.